The number of nitrogens with zero attached hydrogens (tertiary/aromatic N) is 2. The topological polar surface area (TPSA) is 68.3 Å². The van der Waals surface area contributed by atoms with Crippen molar-refractivity contribution in [3.8, 4) is 17.2 Å². The Balaban J connectivity index is 1.31. The Bertz CT molecular complexity index is 1550. The number of carbonyl (C=O) groups excluding carboxylic acids is 2. The predicted octanol–water partition coefficient (Wildman–Crippen LogP) is 5.60. The molecule has 10 heteroatoms. The van der Waals surface area contributed by atoms with Gasteiger partial charge in [-0.25, -0.2) is 13.2 Å². The van der Waals surface area contributed by atoms with E-state index < -0.39 is 17.5 Å². The number of piperidine rings is 1. The number of fused-ring (bicyclic) bond motifs is 2. The van der Waals surface area contributed by atoms with Crippen LogP contribution in [-0.4, -0.2) is 57.7 Å². The molecule has 0 unspecified atom stereocenters. The van der Waals surface area contributed by atoms with Gasteiger partial charge in [-0.2, -0.15) is 0 Å². The van der Waals surface area contributed by atoms with Gasteiger partial charge < -0.3 is 24.0 Å². The highest BCUT2D eigenvalue weighted by Crippen LogP contribution is 2.47. The minimum Gasteiger partial charge on any atom is -0.493 e. The maximum absolute atomic E-state index is 13.7. The Labute approximate surface area is 248 Å². The number of aryl methyl sites for hydroxylation is 1. The number of ether oxygens (including phenoxy) is 3. The van der Waals surface area contributed by atoms with Gasteiger partial charge in [0.2, 0.25) is 11.7 Å². The number of anilines is 1. The van der Waals surface area contributed by atoms with E-state index >= 15 is 0 Å². The fraction of sp³-hybridized carbons (Fsp3) is 0.333. The molecule has 0 aliphatic carbocycles. The van der Waals surface area contributed by atoms with Crippen LogP contribution < -0.4 is 19.1 Å². The maximum Gasteiger partial charge on any atom is 0.251 e. The molecule has 3 aromatic rings. The molecule has 7 nitrogen and oxygen atoms in total. The summed E-state index contributed by atoms with van der Waals surface area (Å²) in [6.45, 7) is 3.44. The molecule has 2 amide bonds. The predicted molar refractivity (Wildman–Crippen MR) is 156 cm³/mol. The van der Waals surface area contributed by atoms with Crippen molar-refractivity contribution in [1.82, 2.24) is 4.90 Å². The number of halogens is 3. The summed E-state index contributed by atoms with van der Waals surface area (Å²) in [5.41, 5.74) is 3.31. The van der Waals surface area contributed by atoms with Crippen molar-refractivity contribution in [2.45, 2.75) is 31.6 Å². The average molecular weight is 595 g/mol. The summed E-state index contributed by atoms with van der Waals surface area (Å²) in [6.07, 6.45) is 4.00. The second kappa shape index (κ2) is 12.0. The number of rotatable bonds is 7. The third-order valence-electron chi connectivity index (χ3n) is 8.32. The van der Waals surface area contributed by atoms with Crippen LogP contribution in [0.1, 0.15) is 35.1 Å². The number of methoxy groups -OCH3 is 3. The Morgan fingerprint density at radius 2 is 1.53 bits per heavy atom. The lowest BCUT2D eigenvalue weighted by molar-refractivity contribution is -0.132. The lowest BCUT2D eigenvalue weighted by Gasteiger charge is -2.40. The van der Waals surface area contributed by atoms with Gasteiger partial charge in [0.25, 0.3) is 5.91 Å². The molecule has 0 bridgehead atoms. The number of hydrogen-bond acceptors (Lipinski definition) is 5. The molecular weight excluding hydrogens is 561 g/mol. The van der Waals surface area contributed by atoms with Crippen LogP contribution in [0.25, 0.3) is 6.08 Å². The van der Waals surface area contributed by atoms with Crippen molar-refractivity contribution in [1.29, 1.82) is 0 Å². The van der Waals surface area contributed by atoms with Gasteiger partial charge in [0.05, 0.1) is 27.8 Å². The molecule has 0 saturated carbocycles. The molecule has 43 heavy (non-hydrogen) atoms. The molecule has 226 valence electrons. The van der Waals surface area contributed by atoms with E-state index in [1.807, 2.05) is 24.0 Å². The van der Waals surface area contributed by atoms with Crippen molar-refractivity contribution in [2.24, 2.45) is 0 Å². The van der Waals surface area contributed by atoms with Crippen LogP contribution in [-0.2, 0) is 21.4 Å². The van der Waals surface area contributed by atoms with Crippen LogP contribution in [0.2, 0.25) is 0 Å². The summed E-state index contributed by atoms with van der Waals surface area (Å²) in [4.78, 5) is 30.2. The van der Waals surface area contributed by atoms with Gasteiger partial charge in [-0.1, -0.05) is 17.7 Å². The van der Waals surface area contributed by atoms with E-state index in [4.69, 9.17) is 14.2 Å². The molecule has 3 aromatic carbocycles. The minimum atomic E-state index is -1.55. The lowest BCUT2D eigenvalue weighted by atomic mass is 9.74. The molecule has 0 radical (unpaired) electrons. The zero-order chi connectivity index (χ0) is 30.9. The van der Waals surface area contributed by atoms with Crippen molar-refractivity contribution in [3.63, 3.8) is 0 Å². The van der Waals surface area contributed by atoms with Gasteiger partial charge in [0, 0.05) is 36.8 Å². The molecule has 0 atom stereocenters. The summed E-state index contributed by atoms with van der Waals surface area (Å²) in [7, 11) is 4.58. The van der Waals surface area contributed by atoms with E-state index in [0.717, 1.165) is 34.5 Å². The average Bonchev–Trinajstić information content (AvgIpc) is 3.30. The zero-order valence-electron chi connectivity index (χ0n) is 24.5. The molecule has 1 saturated heterocycles. The lowest BCUT2D eigenvalue weighted by Crippen LogP contribution is -2.48. The standard InChI is InChI=1S/C33H33F3N2O5/c1-20-5-7-26-23(13-20)33(19-38(26)29(39)8-6-21-14-24(34)31(36)25(35)15-21)9-11-37(12-10-33)30(40)18-22-16-27(41-2)32(43-4)28(17-22)42-3/h5-8,13-17H,9-12,18-19H2,1-4H3/b8-6+. The highest BCUT2D eigenvalue weighted by molar-refractivity contribution is 6.05. The first-order valence-electron chi connectivity index (χ1n) is 13.9. The SMILES string of the molecule is COc1cc(CC(=O)N2CCC3(CC2)CN(C(=O)/C=C/c2cc(F)c(F)c(F)c2)c2ccc(C)cc23)cc(OC)c1OC. The molecule has 5 rings (SSSR count). The van der Waals surface area contributed by atoms with Crippen LogP contribution >= 0.6 is 0 Å². The van der Waals surface area contributed by atoms with Crippen LogP contribution in [0.15, 0.2) is 48.5 Å². The van der Waals surface area contributed by atoms with Gasteiger partial charge in [-0.15, -0.1) is 0 Å². The molecular formula is C33H33F3N2O5. The fourth-order valence-corrected chi connectivity index (χ4v) is 6.04. The Hall–Kier alpha value is -4.47. The number of amides is 2. The van der Waals surface area contributed by atoms with E-state index in [1.165, 1.54) is 33.5 Å². The van der Waals surface area contributed by atoms with Crippen LogP contribution in [0, 0.1) is 24.4 Å². The van der Waals surface area contributed by atoms with Crippen molar-refractivity contribution in [3.05, 3.63) is 88.2 Å². The summed E-state index contributed by atoms with van der Waals surface area (Å²) in [6, 6.07) is 11.2. The normalized spacial score (nSPS) is 15.6. The van der Waals surface area contributed by atoms with Crippen LogP contribution in [0.4, 0.5) is 18.9 Å². The number of likely N-dealkylation sites (tertiary alicyclic amines) is 1. The van der Waals surface area contributed by atoms with E-state index in [-0.39, 0.29) is 29.2 Å². The molecule has 2 aliphatic heterocycles. The highest BCUT2D eigenvalue weighted by atomic mass is 19.2. The van der Waals surface area contributed by atoms with Crippen LogP contribution in [0.3, 0.4) is 0 Å². The quantitative estimate of drug-likeness (QED) is 0.263. The van der Waals surface area contributed by atoms with E-state index in [1.54, 1.807) is 17.0 Å². The first-order chi connectivity index (χ1) is 20.6. The number of benzene rings is 3. The summed E-state index contributed by atoms with van der Waals surface area (Å²) in [5, 5.41) is 0. The Kier molecular flexibility index (Phi) is 8.39. The van der Waals surface area contributed by atoms with Crippen molar-refractivity contribution < 1.29 is 37.0 Å². The molecule has 1 fully saturated rings. The second-order valence-electron chi connectivity index (χ2n) is 10.9. The number of hydrogen-bond donors (Lipinski definition) is 0. The highest BCUT2D eigenvalue weighted by Gasteiger charge is 2.46. The Morgan fingerprint density at radius 1 is 0.907 bits per heavy atom. The van der Waals surface area contributed by atoms with E-state index in [9.17, 15) is 22.8 Å². The first-order valence-corrected chi connectivity index (χ1v) is 13.9. The monoisotopic (exact) mass is 594 g/mol. The third-order valence-corrected chi connectivity index (χ3v) is 8.32. The van der Waals surface area contributed by atoms with Gasteiger partial charge in [-0.3, -0.25) is 9.59 Å². The summed E-state index contributed by atoms with van der Waals surface area (Å²) >= 11 is 0. The van der Waals surface area contributed by atoms with Crippen LogP contribution in [0.5, 0.6) is 17.2 Å². The van der Waals surface area contributed by atoms with E-state index in [2.05, 4.69) is 6.07 Å². The second-order valence-corrected chi connectivity index (χ2v) is 10.9. The van der Waals surface area contributed by atoms with Crippen molar-refractivity contribution in [2.75, 3.05) is 45.9 Å². The summed E-state index contributed by atoms with van der Waals surface area (Å²) in [5.74, 6) is -3.15. The fourth-order valence-electron chi connectivity index (χ4n) is 6.04. The minimum absolute atomic E-state index is 0.0267. The molecule has 2 aliphatic rings. The maximum atomic E-state index is 13.7. The summed E-state index contributed by atoms with van der Waals surface area (Å²) < 4.78 is 56.9. The molecule has 2 heterocycles. The smallest absolute Gasteiger partial charge is 0.251 e. The van der Waals surface area contributed by atoms with Gasteiger partial charge in [0.1, 0.15) is 0 Å². The van der Waals surface area contributed by atoms with Gasteiger partial charge in [-0.05, 0) is 72.9 Å². The van der Waals surface area contributed by atoms with Crippen molar-refractivity contribution >= 4 is 23.6 Å². The first kappa shape index (κ1) is 30.0. The molecule has 0 N–H and O–H groups in total. The molecule has 0 aromatic heterocycles. The van der Waals surface area contributed by atoms with Gasteiger partial charge in [0.15, 0.2) is 29.0 Å². The number of carbonyl (C=O) groups is 2. The Morgan fingerprint density at radius 3 is 2.12 bits per heavy atom. The molecule has 1 spiro atoms. The third kappa shape index (κ3) is 5.78. The largest absolute Gasteiger partial charge is 0.493 e. The zero-order valence-corrected chi connectivity index (χ0v) is 24.5. The van der Waals surface area contributed by atoms with Gasteiger partial charge >= 0.3 is 0 Å². The van der Waals surface area contributed by atoms with E-state index in [0.29, 0.717) is 49.7 Å².